The van der Waals surface area contributed by atoms with Crippen molar-refractivity contribution in [1.29, 1.82) is 5.26 Å². The SMILES string of the molecule is CC(C)(C)N(C(=O)O)C1CCc2c(C#N)cccc21. The molecule has 0 spiro atoms. The molecular weight excluding hydrogens is 240 g/mol. The van der Waals surface area contributed by atoms with Crippen molar-refractivity contribution >= 4 is 6.09 Å². The monoisotopic (exact) mass is 258 g/mol. The van der Waals surface area contributed by atoms with E-state index in [2.05, 4.69) is 6.07 Å². The second kappa shape index (κ2) is 4.58. The Labute approximate surface area is 113 Å². The number of benzene rings is 1. The highest BCUT2D eigenvalue weighted by molar-refractivity contribution is 5.67. The van der Waals surface area contributed by atoms with Crippen LogP contribution in [-0.2, 0) is 6.42 Å². The van der Waals surface area contributed by atoms with Crippen molar-refractivity contribution in [1.82, 2.24) is 4.90 Å². The summed E-state index contributed by atoms with van der Waals surface area (Å²) in [5, 5.41) is 18.6. The molecular formula is C15H18N2O2. The first kappa shape index (κ1) is 13.4. The largest absolute Gasteiger partial charge is 0.465 e. The van der Waals surface area contributed by atoms with E-state index >= 15 is 0 Å². The second-order valence-electron chi connectivity index (χ2n) is 5.86. The van der Waals surface area contributed by atoms with Crippen LogP contribution in [0.4, 0.5) is 4.79 Å². The number of nitrogens with zero attached hydrogens (tertiary/aromatic N) is 2. The Hall–Kier alpha value is -2.02. The van der Waals surface area contributed by atoms with E-state index in [-0.39, 0.29) is 6.04 Å². The fraction of sp³-hybridized carbons (Fsp3) is 0.467. The summed E-state index contributed by atoms with van der Waals surface area (Å²) in [5.74, 6) is 0. The average Bonchev–Trinajstić information content (AvgIpc) is 2.70. The van der Waals surface area contributed by atoms with Gasteiger partial charge in [0.05, 0.1) is 17.7 Å². The molecule has 0 radical (unpaired) electrons. The summed E-state index contributed by atoms with van der Waals surface area (Å²) < 4.78 is 0. The van der Waals surface area contributed by atoms with Crippen LogP contribution in [0.1, 0.15) is 49.9 Å². The highest BCUT2D eigenvalue weighted by atomic mass is 16.4. The Kier molecular flexibility index (Phi) is 3.23. The minimum absolute atomic E-state index is 0.152. The van der Waals surface area contributed by atoms with E-state index in [0.29, 0.717) is 5.56 Å². The molecule has 0 saturated heterocycles. The van der Waals surface area contributed by atoms with Crippen LogP contribution in [0.5, 0.6) is 0 Å². The van der Waals surface area contributed by atoms with Gasteiger partial charge in [-0.15, -0.1) is 0 Å². The van der Waals surface area contributed by atoms with E-state index in [0.717, 1.165) is 24.0 Å². The number of amides is 1. The lowest BCUT2D eigenvalue weighted by atomic mass is 9.98. The van der Waals surface area contributed by atoms with Crippen LogP contribution >= 0.6 is 0 Å². The number of rotatable bonds is 1. The molecule has 1 amide bonds. The summed E-state index contributed by atoms with van der Waals surface area (Å²) in [6, 6.07) is 7.60. The van der Waals surface area contributed by atoms with Crippen molar-refractivity contribution in [2.75, 3.05) is 0 Å². The predicted molar refractivity (Wildman–Crippen MR) is 71.8 cm³/mol. The fourth-order valence-corrected chi connectivity index (χ4v) is 2.89. The first-order valence-corrected chi connectivity index (χ1v) is 6.40. The zero-order chi connectivity index (χ0) is 14.2. The number of hydrogen-bond donors (Lipinski definition) is 1. The lowest BCUT2D eigenvalue weighted by Crippen LogP contribution is -2.46. The molecule has 4 heteroatoms. The Balaban J connectivity index is 2.47. The quantitative estimate of drug-likeness (QED) is 0.840. The Bertz CT molecular complexity index is 552. The first-order valence-electron chi connectivity index (χ1n) is 6.40. The normalized spacial score (nSPS) is 17.7. The van der Waals surface area contributed by atoms with Gasteiger partial charge in [-0.05, 0) is 50.8 Å². The van der Waals surface area contributed by atoms with Crippen molar-refractivity contribution in [3.05, 3.63) is 34.9 Å². The van der Waals surface area contributed by atoms with Crippen LogP contribution < -0.4 is 0 Å². The average molecular weight is 258 g/mol. The van der Waals surface area contributed by atoms with Crippen LogP contribution in [-0.4, -0.2) is 21.6 Å². The molecule has 1 aliphatic rings. The van der Waals surface area contributed by atoms with Gasteiger partial charge in [-0.2, -0.15) is 5.26 Å². The van der Waals surface area contributed by atoms with Gasteiger partial charge in [0.25, 0.3) is 0 Å². The molecule has 2 rings (SSSR count). The van der Waals surface area contributed by atoms with Crippen LogP contribution in [0.3, 0.4) is 0 Å². The van der Waals surface area contributed by atoms with Gasteiger partial charge in [0.2, 0.25) is 0 Å². The van der Waals surface area contributed by atoms with Crippen LogP contribution in [0.2, 0.25) is 0 Å². The van der Waals surface area contributed by atoms with Gasteiger partial charge in [-0.3, -0.25) is 4.90 Å². The Morgan fingerprint density at radius 3 is 2.68 bits per heavy atom. The van der Waals surface area contributed by atoms with Gasteiger partial charge in [-0.1, -0.05) is 12.1 Å². The van der Waals surface area contributed by atoms with Gasteiger partial charge in [0.15, 0.2) is 0 Å². The Morgan fingerprint density at radius 1 is 1.47 bits per heavy atom. The number of hydrogen-bond acceptors (Lipinski definition) is 2. The van der Waals surface area contributed by atoms with Crippen LogP contribution in [0, 0.1) is 11.3 Å². The molecule has 0 fully saturated rings. The zero-order valence-electron chi connectivity index (χ0n) is 11.5. The number of fused-ring (bicyclic) bond motifs is 1. The molecule has 0 saturated carbocycles. The smallest absolute Gasteiger partial charge is 0.408 e. The minimum Gasteiger partial charge on any atom is -0.465 e. The lowest BCUT2D eigenvalue weighted by molar-refractivity contribution is 0.0701. The number of carbonyl (C=O) groups is 1. The fourth-order valence-electron chi connectivity index (χ4n) is 2.89. The Morgan fingerprint density at radius 2 is 2.16 bits per heavy atom. The van der Waals surface area contributed by atoms with E-state index < -0.39 is 11.6 Å². The van der Waals surface area contributed by atoms with Crippen molar-refractivity contribution < 1.29 is 9.90 Å². The molecule has 1 aliphatic carbocycles. The van der Waals surface area contributed by atoms with E-state index in [1.54, 1.807) is 6.07 Å². The van der Waals surface area contributed by atoms with E-state index in [1.165, 1.54) is 4.90 Å². The molecule has 0 bridgehead atoms. The highest BCUT2D eigenvalue weighted by Crippen LogP contribution is 2.40. The molecule has 1 aromatic rings. The van der Waals surface area contributed by atoms with Crippen molar-refractivity contribution in [3.8, 4) is 6.07 Å². The summed E-state index contributed by atoms with van der Waals surface area (Å²) in [7, 11) is 0. The summed E-state index contributed by atoms with van der Waals surface area (Å²) in [6.45, 7) is 5.69. The molecule has 1 unspecified atom stereocenters. The van der Waals surface area contributed by atoms with E-state index in [9.17, 15) is 9.90 Å². The summed E-state index contributed by atoms with van der Waals surface area (Å²) in [4.78, 5) is 13.1. The molecule has 1 N–H and O–H groups in total. The van der Waals surface area contributed by atoms with Crippen LogP contribution in [0.15, 0.2) is 18.2 Å². The third kappa shape index (κ3) is 2.28. The van der Waals surface area contributed by atoms with Crippen molar-refractivity contribution in [2.45, 2.75) is 45.2 Å². The molecule has 19 heavy (non-hydrogen) atoms. The maximum atomic E-state index is 11.6. The topological polar surface area (TPSA) is 64.3 Å². The molecule has 0 aromatic heterocycles. The third-order valence-corrected chi connectivity index (χ3v) is 3.60. The first-order chi connectivity index (χ1) is 8.86. The molecule has 4 nitrogen and oxygen atoms in total. The van der Waals surface area contributed by atoms with Gasteiger partial charge in [0, 0.05) is 5.54 Å². The van der Waals surface area contributed by atoms with Crippen molar-refractivity contribution in [2.24, 2.45) is 0 Å². The molecule has 1 aromatic carbocycles. The molecule has 100 valence electrons. The van der Waals surface area contributed by atoms with Gasteiger partial charge in [-0.25, -0.2) is 4.79 Å². The van der Waals surface area contributed by atoms with Crippen LogP contribution in [0.25, 0.3) is 0 Å². The van der Waals surface area contributed by atoms with Gasteiger partial charge < -0.3 is 5.11 Å². The maximum absolute atomic E-state index is 11.6. The lowest BCUT2D eigenvalue weighted by Gasteiger charge is -2.38. The predicted octanol–water partition coefficient (Wildman–Crippen LogP) is 3.32. The molecule has 0 heterocycles. The minimum atomic E-state index is -0.910. The summed E-state index contributed by atoms with van der Waals surface area (Å²) in [5.41, 5.74) is 2.20. The molecule has 1 atom stereocenters. The zero-order valence-corrected chi connectivity index (χ0v) is 11.5. The van der Waals surface area contributed by atoms with E-state index in [1.807, 2.05) is 32.9 Å². The standard InChI is InChI=1S/C15H18N2O2/c1-15(2,3)17(14(18)19)13-8-7-11-10(9-16)5-4-6-12(11)13/h4-6,13H,7-8H2,1-3H3,(H,18,19). The maximum Gasteiger partial charge on any atom is 0.408 e. The summed E-state index contributed by atoms with van der Waals surface area (Å²) in [6.07, 6.45) is 0.606. The van der Waals surface area contributed by atoms with Crippen molar-refractivity contribution in [3.63, 3.8) is 0 Å². The number of nitriles is 1. The summed E-state index contributed by atoms with van der Waals surface area (Å²) >= 11 is 0. The second-order valence-corrected chi connectivity index (χ2v) is 5.86. The highest BCUT2D eigenvalue weighted by Gasteiger charge is 2.38. The van der Waals surface area contributed by atoms with E-state index in [4.69, 9.17) is 5.26 Å². The third-order valence-electron chi connectivity index (χ3n) is 3.60. The molecule has 0 aliphatic heterocycles. The van der Waals surface area contributed by atoms with Gasteiger partial charge in [0.1, 0.15) is 0 Å². The number of carboxylic acid groups (broad SMARTS) is 1. The van der Waals surface area contributed by atoms with Gasteiger partial charge >= 0.3 is 6.09 Å².